The fourth-order valence-electron chi connectivity index (χ4n) is 2.56. The normalized spacial score (nSPS) is 21.8. The van der Waals surface area contributed by atoms with E-state index in [0.717, 1.165) is 25.7 Å². The summed E-state index contributed by atoms with van der Waals surface area (Å²) in [6, 6.07) is 4.02. The predicted molar refractivity (Wildman–Crippen MR) is 82.0 cm³/mol. The zero-order valence-corrected chi connectivity index (χ0v) is 12.9. The van der Waals surface area contributed by atoms with Crippen molar-refractivity contribution in [1.82, 2.24) is 5.32 Å². The number of hydrogen-bond acceptors (Lipinski definition) is 3. The van der Waals surface area contributed by atoms with E-state index >= 15 is 0 Å². The molecule has 0 spiro atoms. The van der Waals surface area contributed by atoms with Crippen molar-refractivity contribution in [3.63, 3.8) is 0 Å². The number of hydrogen-bond donors (Lipinski definition) is 1. The molecular formula is C14H16Cl2N2O3. The van der Waals surface area contributed by atoms with Crippen LogP contribution in [0.4, 0.5) is 5.69 Å². The van der Waals surface area contributed by atoms with Gasteiger partial charge in [-0.1, -0.05) is 24.4 Å². The minimum absolute atomic E-state index is 0.0198. The molecule has 1 aromatic carbocycles. The summed E-state index contributed by atoms with van der Waals surface area (Å²) in [7, 11) is 0. The Morgan fingerprint density at radius 1 is 1.38 bits per heavy atom. The Bertz CT molecular complexity index is 551. The summed E-state index contributed by atoms with van der Waals surface area (Å²) < 4.78 is 0. The molecule has 1 fully saturated rings. The first-order chi connectivity index (χ1) is 9.99. The van der Waals surface area contributed by atoms with Gasteiger partial charge in [0, 0.05) is 23.0 Å². The van der Waals surface area contributed by atoms with Crippen LogP contribution in [0.1, 0.15) is 36.0 Å². The second kappa shape index (κ2) is 7.09. The van der Waals surface area contributed by atoms with E-state index in [1.54, 1.807) is 0 Å². The van der Waals surface area contributed by atoms with E-state index in [4.69, 9.17) is 23.2 Å². The SMILES string of the molecule is O=C(NCC1CCCCC1Cl)c1ccc(Cl)cc1[N+](=O)[O-]. The van der Waals surface area contributed by atoms with Gasteiger partial charge in [-0.05, 0) is 30.9 Å². The van der Waals surface area contributed by atoms with E-state index in [1.807, 2.05) is 0 Å². The number of rotatable bonds is 4. The van der Waals surface area contributed by atoms with Crippen molar-refractivity contribution in [1.29, 1.82) is 0 Å². The molecule has 1 aliphatic carbocycles. The molecule has 0 heterocycles. The van der Waals surface area contributed by atoms with Gasteiger partial charge in [-0.25, -0.2) is 0 Å². The molecule has 2 rings (SSSR count). The number of carbonyl (C=O) groups excluding carboxylic acids is 1. The van der Waals surface area contributed by atoms with Gasteiger partial charge in [-0.2, -0.15) is 0 Å². The van der Waals surface area contributed by atoms with Crippen LogP contribution >= 0.6 is 23.2 Å². The molecule has 114 valence electrons. The smallest absolute Gasteiger partial charge is 0.283 e. The second-order valence-electron chi connectivity index (χ2n) is 5.19. The van der Waals surface area contributed by atoms with Gasteiger partial charge >= 0.3 is 0 Å². The molecule has 21 heavy (non-hydrogen) atoms. The molecule has 0 saturated heterocycles. The van der Waals surface area contributed by atoms with Gasteiger partial charge in [0.1, 0.15) is 5.56 Å². The largest absolute Gasteiger partial charge is 0.351 e. The number of carbonyl (C=O) groups is 1. The fourth-order valence-corrected chi connectivity index (χ4v) is 3.09. The molecule has 1 aromatic rings. The van der Waals surface area contributed by atoms with Gasteiger partial charge in [0.05, 0.1) is 4.92 Å². The lowest BCUT2D eigenvalue weighted by molar-refractivity contribution is -0.385. The predicted octanol–water partition coefficient (Wildman–Crippen LogP) is 3.78. The Morgan fingerprint density at radius 3 is 2.76 bits per heavy atom. The number of benzene rings is 1. The van der Waals surface area contributed by atoms with Crippen LogP contribution in [-0.4, -0.2) is 22.8 Å². The first-order valence-electron chi connectivity index (χ1n) is 6.85. The van der Waals surface area contributed by atoms with Gasteiger partial charge in [0.25, 0.3) is 11.6 Å². The quantitative estimate of drug-likeness (QED) is 0.518. The average molecular weight is 331 g/mol. The molecular weight excluding hydrogens is 315 g/mol. The maximum Gasteiger partial charge on any atom is 0.283 e. The van der Waals surface area contributed by atoms with E-state index in [-0.39, 0.29) is 27.6 Å². The number of nitro benzene ring substituents is 1. The number of amides is 1. The van der Waals surface area contributed by atoms with E-state index in [2.05, 4.69) is 5.32 Å². The van der Waals surface area contributed by atoms with Crippen LogP contribution in [-0.2, 0) is 0 Å². The molecule has 1 saturated carbocycles. The van der Waals surface area contributed by atoms with E-state index in [1.165, 1.54) is 18.2 Å². The van der Waals surface area contributed by atoms with Crippen LogP contribution in [0, 0.1) is 16.0 Å². The lowest BCUT2D eigenvalue weighted by Gasteiger charge is -2.27. The molecule has 0 bridgehead atoms. The van der Waals surface area contributed by atoms with Crippen LogP contribution in [0.3, 0.4) is 0 Å². The zero-order valence-electron chi connectivity index (χ0n) is 11.4. The monoisotopic (exact) mass is 330 g/mol. The van der Waals surface area contributed by atoms with Crippen LogP contribution < -0.4 is 5.32 Å². The van der Waals surface area contributed by atoms with Gasteiger partial charge < -0.3 is 5.32 Å². The van der Waals surface area contributed by atoms with Crippen molar-refractivity contribution in [3.8, 4) is 0 Å². The van der Waals surface area contributed by atoms with Crippen molar-refractivity contribution in [2.75, 3.05) is 6.54 Å². The third-order valence-electron chi connectivity index (χ3n) is 3.74. The number of nitrogens with zero attached hydrogens (tertiary/aromatic N) is 1. The van der Waals surface area contributed by atoms with E-state index in [9.17, 15) is 14.9 Å². The Balaban J connectivity index is 2.05. The molecule has 1 N–H and O–H groups in total. The highest BCUT2D eigenvalue weighted by molar-refractivity contribution is 6.31. The summed E-state index contributed by atoms with van der Waals surface area (Å²) in [6.07, 6.45) is 4.13. The Morgan fingerprint density at radius 2 is 2.10 bits per heavy atom. The van der Waals surface area contributed by atoms with Crippen LogP contribution in [0.25, 0.3) is 0 Å². The molecule has 2 atom stereocenters. The van der Waals surface area contributed by atoms with Crippen LogP contribution in [0.5, 0.6) is 0 Å². The summed E-state index contributed by atoms with van der Waals surface area (Å²) >= 11 is 12.0. The van der Waals surface area contributed by atoms with Crippen LogP contribution in [0.2, 0.25) is 5.02 Å². The zero-order chi connectivity index (χ0) is 15.4. The summed E-state index contributed by atoms with van der Waals surface area (Å²) in [5.74, 6) is -0.247. The summed E-state index contributed by atoms with van der Waals surface area (Å²) in [6.45, 7) is 0.437. The first kappa shape index (κ1) is 16.0. The van der Waals surface area contributed by atoms with Gasteiger partial charge in [0.2, 0.25) is 0 Å². The maximum absolute atomic E-state index is 12.1. The molecule has 2 unspecified atom stereocenters. The third kappa shape index (κ3) is 4.08. The van der Waals surface area contributed by atoms with Gasteiger partial charge in [-0.15, -0.1) is 11.6 Å². The molecule has 0 radical (unpaired) electrons. The summed E-state index contributed by atoms with van der Waals surface area (Å²) in [5.41, 5.74) is -0.266. The van der Waals surface area contributed by atoms with Crippen molar-refractivity contribution >= 4 is 34.8 Å². The minimum Gasteiger partial charge on any atom is -0.351 e. The van der Waals surface area contributed by atoms with E-state index in [0.29, 0.717) is 6.54 Å². The van der Waals surface area contributed by atoms with Crippen molar-refractivity contribution in [2.24, 2.45) is 5.92 Å². The van der Waals surface area contributed by atoms with Crippen LogP contribution in [0.15, 0.2) is 18.2 Å². The molecule has 5 nitrogen and oxygen atoms in total. The topological polar surface area (TPSA) is 72.2 Å². The molecule has 7 heteroatoms. The van der Waals surface area contributed by atoms with Gasteiger partial charge in [0.15, 0.2) is 0 Å². The average Bonchev–Trinajstić information content (AvgIpc) is 2.46. The Hall–Kier alpha value is -1.33. The summed E-state index contributed by atoms with van der Waals surface area (Å²) in [4.78, 5) is 22.5. The van der Waals surface area contributed by atoms with E-state index < -0.39 is 10.8 Å². The minimum atomic E-state index is -0.605. The third-order valence-corrected chi connectivity index (χ3v) is 4.55. The number of alkyl halides is 1. The fraction of sp³-hybridized carbons (Fsp3) is 0.500. The number of nitro groups is 1. The molecule has 0 aromatic heterocycles. The van der Waals surface area contributed by atoms with Crippen molar-refractivity contribution in [3.05, 3.63) is 38.9 Å². The number of halogens is 2. The lowest BCUT2D eigenvalue weighted by atomic mass is 9.88. The highest BCUT2D eigenvalue weighted by atomic mass is 35.5. The second-order valence-corrected chi connectivity index (χ2v) is 6.19. The first-order valence-corrected chi connectivity index (χ1v) is 7.66. The Kier molecular flexibility index (Phi) is 5.42. The highest BCUT2D eigenvalue weighted by Crippen LogP contribution is 2.28. The molecule has 0 aliphatic heterocycles. The summed E-state index contributed by atoms with van der Waals surface area (Å²) in [5, 5.41) is 14.0. The highest BCUT2D eigenvalue weighted by Gasteiger charge is 2.25. The number of nitrogens with one attached hydrogen (secondary N) is 1. The van der Waals surface area contributed by atoms with Gasteiger partial charge in [-0.3, -0.25) is 14.9 Å². The standard InChI is InChI=1S/C14H16Cl2N2O3/c15-10-5-6-11(13(7-10)18(20)21)14(19)17-8-9-3-1-2-4-12(9)16/h5-7,9,12H,1-4,8H2,(H,17,19). The van der Waals surface area contributed by atoms with Crippen molar-refractivity contribution < 1.29 is 9.72 Å². The maximum atomic E-state index is 12.1. The molecule has 1 aliphatic rings. The molecule has 1 amide bonds. The lowest BCUT2D eigenvalue weighted by Crippen LogP contribution is -2.34. The Labute approximate surface area is 132 Å². The van der Waals surface area contributed by atoms with Crippen molar-refractivity contribution in [2.45, 2.75) is 31.1 Å².